The Hall–Kier alpha value is -1.43. The Morgan fingerprint density at radius 1 is 1.29 bits per heavy atom. The molecule has 1 spiro atoms. The molecule has 5 heteroatoms. The molecule has 0 radical (unpaired) electrons. The van der Waals surface area contributed by atoms with E-state index in [-0.39, 0.29) is 11.7 Å². The molecule has 0 saturated heterocycles. The first kappa shape index (κ1) is 17.4. The summed E-state index contributed by atoms with van der Waals surface area (Å²) in [5.74, 6) is 1.94. The number of carbonyl (C=O) groups excluding carboxylic acids is 1. The van der Waals surface area contributed by atoms with E-state index in [9.17, 15) is 9.90 Å². The number of ether oxygens (including phenoxy) is 2. The summed E-state index contributed by atoms with van der Waals surface area (Å²) < 4.78 is 11.8. The van der Waals surface area contributed by atoms with Crippen LogP contribution in [-0.4, -0.2) is 42.3 Å². The molecule has 1 aliphatic heterocycles. The minimum absolute atomic E-state index is 0.144. The van der Waals surface area contributed by atoms with Gasteiger partial charge in [0.2, 0.25) is 0 Å². The van der Waals surface area contributed by atoms with Crippen molar-refractivity contribution < 1.29 is 19.4 Å². The van der Waals surface area contributed by atoms with Gasteiger partial charge in [0.15, 0.2) is 11.9 Å². The maximum absolute atomic E-state index is 13.0. The molecule has 0 aromatic heterocycles. The van der Waals surface area contributed by atoms with Gasteiger partial charge in [0.25, 0.3) is 0 Å². The second kappa shape index (κ2) is 5.80. The first-order valence-corrected chi connectivity index (χ1v) is 10.9. The van der Waals surface area contributed by atoms with Crippen LogP contribution in [0.2, 0.25) is 0 Å². The smallest absolute Gasteiger partial charge is 0.174 e. The lowest BCUT2D eigenvalue weighted by Crippen LogP contribution is -2.73. The van der Waals surface area contributed by atoms with Gasteiger partial charge >= 0.3 is 0 Å². The average molecular weight is 383 g/mol. The third-order valence-electron chi connectivity index (χ3n) is 8.33. The molecule has 1 aromatic carbocycles. The van der Waals surface area contributed by atoms with Crippen molar-refractivity contribution in [2.75, 3.05) is 13.7 Å². The van der Waals surface area contributed by atoms with E-state index in [1.807, 2.05) is 0 Å². The van der Waals surface area contributed by atoms with E-state index in [1.54, 1.807) is 7.11 Å². The maximum atomic E-state index is 13.0. The van der Waals surface area contributed by atoms with E-state index < -0.39 is 17.1 Å². The number of carbonyl (C=O) groups is 1. The van der Waals surface area contributed by atoms with E-state index in [0.717, 1.165) is 48.6 Å². The molecule has 3 fully saturated rings. The number of hydrogen-bond acceptors (Lipinski definition) is 5. The van der Waals surface area contributed by atoms with Crippen molar-refractivity contribution in [1.82, 2.24) is 5.32 Å². The van der Waals surface area contributed by atoms with Gasteiger partial charge in [-0.1, -0.05) is 12.1 Å². The Morgan fingerprint density at radius 3 is 2.93 bits per heavy atom. The number of benzene rings is 1. The van der Waals surface area contributed by atoms with Crippen LogP contribution in [0.25, 0.3) is 0 Å². The summed E-state index contributed by atoms with van der Waals surface area (Å²) >= 11 is 0. The molecular weight excluding hydrogens is 354 g/mol. The molecule has 3 saturated carbocycles. The van der Waals surface area contributed by atoms with E-state index in [2.05, 4.69) is 17.4 Å². The topological polar surface area (TPSA) is 67.8 Å². The van der Waals surface area contributed by atoms with Crippen molar-refractivity contribution in [1.29, 1.82) is 0 Å². The third-order valence-corrected chi connectivity index (χ3v) is 8.33. The summed E-state index contributed by atoms with van der Waals surface area (Å²) in [5, 5.41) is 16.0. The SMILES string of the molecule is COCc1ccc2c3c1O[C@H]1C(=O)CC[C@@]4(O)[C@@H](C2)C(NCC2CC2)CC[C@]314. The number of methoxy groups -OCH3 is 1. The van der Waals surface area contributed by atoms with E-state index in [1.165, 1.54) is 18.4 Å². The minimum atomic E-state index is -0.866. The van der Waals surface area contributed by atoms with Gasteiger partial charge in [0.1, 0.15) is 5.75 Å². The quantitative estimate of drug-likeness (QED) is 0.816. The third kappa shape index (κ3) is 2.05. The molecule has 2 bridgehead atoms. The lowest BCUT2D eigenvalue weighted by atomic mass is 9.44. The van der Waals surface area contributed by atoms with Gasteiger partial charge < -0.3 is 19.9 Å². The molecule has 150 valence electrons. The summed E-state index contributed by atoms with van der Waals surface area (Å²) in [7, 11) is 1.68. The second-order valence-electron chi connectivity index (χ2n) is 9.69. The van der Waals surface area contributed by atoms with Crippen molar-refractivity contribution in [2.45, 2.75) is 74.7 Å². The van der Waals surface area contributed by atoms with Crippen LogP contribution < -0.4 is 10.1 Å². The zero-order chi connectivity index (χ0) is 19.1. The molecule has 0 amide bonds. The minimum Gasteiger partial charge on any atom is -0.481 e. The van der Waals surface area contributed by atoms with Gasteiger partial charge in [-0.2, -0.15) is 0 Å². The number of aliphatic hydroxyl groups is 1. The molecule has 1 aromatic rings. The Bertz CT molecular complexity index is 849. The summed E-state index contributed by atoms with van der Waals surface area (Å²) in [6.45, 7) is 1.53. The van der Waals surface area contributed by atoms with Crippen molar-refractivity contribution in [3.63, 3.8) is 0 Å². The number of nitrogens with one attached hydrogen (secondary N) is 1. The van der Waals surface area contributed by atoms with Gasteiger partial charge in [0, 0.05) is 36.6 Å². The summed E-state index contributed by atoms with van der Waals surface area (Å²) in [6, 6.07) is 4.60. The van der Waals surface area contributed by atoms with Crippen LogP contribution in [0.5, 0.6) is 5.75 Å². The van der Waals surface area contributed by atoms with Gasteiger partial charge in [0.05, 0.1) is 17.6 Å². The van der Waals surface area contributed by atoms with Crippen LogP contribution in [0.3, 0.4) is 0 Å². The highest BCUT2D eigenvalue weighted by atomic mass is 16.5. The van der Waals surface area contributed by atoms with Gasteiger partial charge in [-0.3, -0.25) is 4.79 Å². The number of Topliss-reactive ketones (excluding diaryl/α,β-unsaturated/α-hetero) is 1. The Kier molecular flexibility index (Phi) is 3.61. The fraction of sp³-hybridized carbons (Fsp3) is 0.696. The van der Waals surface area contributed by atoms with E-state index in [0.29, 0.717) is 25.5 Å². The Labute approximate surface area is 165 Å². The molecule has 5 atom stereocenters. The predicted octanol–water partition coefficient (Wildman–Crippen LogP) is 2.26. The fourth-order valence-electron chi connectivity index (χ4n) is 6.87. The van der Waals surface area contributed by atoms with Gasteiger partial charge in [-0.05, 0) is 56.6 Å². The van der Waals surface area contributed by atoms with Crippen LogP contribution in [-0.2, 0) is 28.0 Å². The maximum Gasteiger partial charge on any atom is 0.174 e. The van der Waals surface area contributed by atoms with Crippen LogP contribution in [0.15, 0.2) is 12.1 Å². The molecule has 2 N–H and O–H groups in total. The standard InChI is InChI=1S/C23H29NO4/c1-27-12-15-5-4-14-10-16-17(24-11-13-2-3-13)6-8-22-19(14)20(15)28-21(22)18(25)7-9-23(16,22)26/h4-5,13,16-17,21,24,26H,2-3,6-12H2,1H3/t16-,17?,21-,22-,23+/m0/s1. The first-order valence-electron chi connectivity index (χ1n) is 10.9. The van der Waals surface area contributed by atoms with Crippen LogP contribution in [0.4, 0.5) is 0 Å². The zero-order valence-corrected chi connectivity index (χ0v) is 16.5. The number of ketones is 1. The highest BCUT2D eigenvalue weighted by Crippen LogP contribution is 2.66. The largest absolute Gasteiger partial charge is 0.481 e. The van der Waals surface area contributed by atoms with E-state index in [4.69, 9.17) is 9.47 Å². The molecule has 5 nitrogen and oxygen atoms in total. The first-order chi connectivity index (χ1) is 13.6. The van der Waals surface area contributed by atoms with Crippen molar-refractivity contribution >= 4 is 5.78 Å². The summed E-state index contributed by atoms with van der Waals surface area (Å²) in [5.41, 5.74) is 1.94. The summed E-state index contributed by atoms with van der Waals surface area (Å²) in [4.78, 5) is 13.0. The Morgan fingerprint density at radius 2 is 2.14 bits per heavy atom. The predicted molar refractivity (Wildman–Crippen MR) is 103 cm³/mol. The van der Waals surface area contributed by atoms with Crippen molar-refractivity contribution in [3.05, 3.63) is 28.8 Å². The van der Waals surface area contributed by atoms with Gasteiger partial charge in [-0.25, -0.2) is 0 Å². The molecular formula is C23H29NO4. The van der Waals surface area contributed by atoms with Crippen LogP contribution >= 0.6 is 0 Å². The highest BCUT2D eigenvalue weighted by molar-refractivity contribution is 5.89. The van der Waals surface area contributed by atoms with Gasteiger partial charge in [-0.15, -0.1) is 0 Å². The van der Waals surface area contributed by atoms with Crippen LogP contribution in [0, 0.1) is 11.8 Å². The van der Waals surface area contributed by atoms with Crippen molar-refractivity contribution in [3.8, 4) is 5.75 Å². The summed E-state index contributed by atoms with van der Waals surface area (Å²) in [6.07, 6.45) is 5.78. The molecule has 28 heavy (non-hydrogen) atoms. The van der Waals surface area contributed by atoms with Crippen LogP contribution in [0.1, 0.15) is 55.2 Å². The normalized spacial score (nSPS) is 40.2. The Balaban J connectivity index is 1.49. The monoisotopic (exact) mass is 383 g/mol. The molecule has 4 aliphatic carbocycles. The zero-order valence-electron chi connectivity index (χ0n) is 16.5. The lowest BCUT2D eigenvalue weighted by Gasteiger charge is -2.61. The second-order valence-corrected chi connectivity index (χ2v) is 9.69. The number of hydrogen-bond donors (Lipinski definition) is 2. The molecule has 1 unspecified atom stereocenters. The average Bonchev–Trinajstić information content (AvgIpc) is 3.43. The molecule has 6 rings (SSSR count). The van der Waals surface area contributed by atoms with E-state index >= 15 is 0 Å². The molecule has 1 heterocycles. The number of rotatable bonds is 5. The highest BCUT2D eigenvalue weighted by Gasteiger charge is 2.73. The van der Waals surface area contributed by atoms with Crippen molar-refractivity contribution in [2.24, 2.45) is 11.8 Å². The fourth-order valence-corrected chi connectivity index (χ4v) is 6.87. The molecule has 5 aliphatic rings. The lowest BCUT2D eigenvalue weighted by molar-refractivity contribution is -0.182.